The molecule has 7 nitrogen and oxygen atoms in total. The van der Waals surface area contributed by atoms with Crippen LogP contribution in [0.25, 0.3) is 0 Å². The Bertz CT molecular complexity index is 880. The van der Waals surface area contributed by atoms with Crippen LogP contribution in [0.1, 0.15) is 24.1 Å². The van der Waals surface area contributed by atoms with Gasteiger partial charge in [-0.15, -0.1) is 0 Å². The van der Waals surface area contributed by atoms with Gasteiger partial charge in [-0.25, -0.2) is 8.42 Å². The van der Waals surface area contributed by atoms with Crippen LogP contribution < -0.4 is 20.5 Å². The van der Waals surface area contributed by atoms with Crippen molar-refractivity contribution >= 4 is 27.3 Å². The Morgan fingerprint density at radius 3 is 2.42 bits per heavy atom. The lowest BCUT2D eigenvalue weighted by Gasteiger charge is -2.15. The van der Waals surface area contributed by atoms with Crippen LogP contribution in [-0.4, -0.2) is 27.2 Å². The van der Waals surface area contributed by atoms with Crippen molar-refractivity contribution in [2.75, 3.05) is 22.9 Å². The summed E-state index contributed by atoms with van der Waals surface area (Å²) < 4.78 is 31.1. The summed E-state index contributed by atoms with van der Waals surface area (Å²) in [7, 11) is -2.01. The average Bonchev–Trinajstić information content (AvgIpc) is 2.62. The third-order valence-electron chi connectivity index (χ3n) is 3.83. The minimum Gasteiger partial charge on any atom is -0.494 e. The minimum absolute atomic E-state index is 0.0555. The SMILES string of the molecule is CCS(=O)(=O)Nc1ccc(NC(=O)C(N)c2ccc(C)cc2)cc1OC. The zero-order chi connectivity index (χ0) is 19.3. The smallest absolute Gasteiger partial charge is 0.245 e. The molecule has 0 fully saturated rings. The second kappa shape index (κ2) is 8.20. The van der Waals surface area contributed by atoms with Crippen LogP contribution in [0.4, 0.5) is 11.4 Å². The van der Waals surface area contributed by atoms with Gasteiger partial charge < -0.3 is 15.8 Å². The van der Waals surface area contributed by atoms with Crippen molar-refractivity contribution in [1.29, 1.82) is 0 Å². The number of ether oxygens (including phenoxy) is 1. The van der Waals surface area contributed by atoms with Crippen molar-refractivity contribution in [3.05, 3.63) is 53.6 Å². The molecule has 0 radical (unpaired) electrons. The molecule has 1 unspecified atom stereocenters. The van der Waals surface area contributed by atoms with E-state index >= 15 is 0 Å². The van der Waals surface area contributed by atoms with Crippen molar-refractivity contribution in [2.24, 2.45) is 5.73 Å². The molecule has 2 aromatic rings. The molecule has 0 aliphatic heterocycles. The number of hydrogen-bond donors (Lipinski definition) is 3. The minimum atomic E-state index is -3.43. The van der Waals surface area contributed by atoms with Crippen molar-refractivity contribution < 1.29 is 17.9 Å². The summed E-state index contributed by atoms with van der Waals surface area (Å²) in [5.41, 5.74) is 8.54. The highest BCUT2D eigenvalue weighted by atomic mass is 32.2. The Morgan fingerprint density at radius 2 is 1.85 bits per heavy atom. The molecule has 2 aromatic carbocycles. The Labute approximate surface area is 153 Å². The molecule has 8 heteroatoms. The quantitative estimate of drug-likeness (QED) is 0.686. The Balaban J connectivity index is 2.16. The van der Waals surface area contributed by atoms with Crippen LogP contribution in [0.5, 0.6) is 5.75 Å². The Kier molecular flexibility index (Phi) is 6.23. The highest BCUT2D eigenvalue weighted by Gasteiger charge is 2.17. The number of carbonyl (C=O) groups excluding carboxylic acids is 1. The van der Waals surface area contributed by atoms with Crippen molar-refractivity contribution in [3.8, 4) is 5.75 Å². The van der Waals surface area contributed by atoms with E-state index < -0.39 is 16.1 Å². The van der Waals surface area contributed by atoms with E-state index in [9.17, 15) is 13.2 Å². The lowest BCUT2D eigenvalue weighted by Crippen LogP contribution is -2.27. The third kappa shape index (κ3) is 4.96. The van der Waals surface area contributed by atoms with Gasteiger partial charge in [-0.1, -0.05) is 29.8 Å². The van der Waals surface area contributed by atoms with E-state index in [1.54, 1.807) is 6.07 Å². The molecule has 4 N–H and O–H groups in total. The van der Waals surface area contributed by atoms with Gasteiger partial charge in [-0.2, -0.15) is 0 Å². The predicted molar refractivity (Wildman–Crippen MR) is 103 cm³/mol. The lowest BCUT2D eigenvalue weighted by atomic mass is 10.1. The monoisotopic (exact) mass is 377 g/mol. The van der Waals surface area contributed by atoms with Crippen molar-refractivity contribution in [2.45, 2.75) is 19.9 Å². The highest BCUT2D eigenvalue weighted by molar-refractivity contribution is 7.92. The molecular formula is C18H23N3O4S. The van der Waals surface area contributed by atoms with E-state index in [1.165, 1.54) is 26.2 Å². The zero-order valence-corrected chi connectivity index (χ0v) is 15.8. The molecule has 0 bridgehead atoms. The second-order valence-corrected chi connectivity index (χ2v) is 7.81. The summed E-state index contributed by atoms with van der Waals surface area (Å²) in [6.07, 6.45) is 0. The molecule has 0 aromatic heterocycles. The van der Waals surface area contributed by atoms with E-state index in [1.807, 2.05) is 31.2 Å². The van der Waals surface area contributed by atoms with Gasteiger partial charge >= 0.3 is 0 Å². The summed E-state index contributed by atoms with van der Waals surface area (Å²) in [5.74, 6) is -0.137. The van der Waals surface area contributed by atoms with Gasteiger partial charge in [-0.3, -0.25) is 9.52 Å². The molecule has 0 aliphatic carbocycles. The number of nitrogens with two attached hydrogens (primary N) is 1. The van der Waals surface area contributed by atoms with Gasteiger partial charge in [0.2, 0.25) is 15.9 Å². The van der Waals surface area contributed by atoms with E-state index in [4.69, 9.17) is 10.5 Å². The number of anilines is 2. The van der Waals surface area contributed by atoms with Gasteiger partial charge in [0.05, 0.1) is 18.6 Å². The van der Waals surface area contributed by atoms with Crippen LogP contribution in [0, 0.1) is 6.92 Å². The van der Waals surface area contributed by atoms with Gasteiger partial charge in [0, 0.05) is 11.8 Å². The molecule has 26 heavy (non-hydrogen) atoms. The predicted octanol–water partition coefficient (Wildman–Crippen LogP) is 2.40. The summed E-state index contributed by atoms with van der Waals surface area (Å²) >= 11 is 0. The number of nitrogens with one attached hydrogen (secondary N) is 2. The fraction of sp³-hybridized carbons (Fsp3) is 0.278. The third-order valence-corrected chi connectivity index (χ3v) is 5.12. The maximum atomic E-state index is 12.4. The first kappa shape index (κ1) is 19.7. The van der Waals surface area contributed by atoms with Crippen LogP contribution in [0.2, 0.25) is 0 Å². The van der Waals surface area contributed by atoms with E-state index in [0.29, 0.717) is 22.7 Å². The number of amides is 1. The van der Waals surface area contributed by atoms with E-state index in [2.05, 4.69) is 10.0 Å². The number of methoxy groups -OCH3 is 1. The molecule has 2 rings (SSSR count). The summed E-state index contributed by atoms with van der Waals surface area (Å²) in [6, 6.07) is 11.2. The van der Waals surface area contributed by atoms with Crippen LogP contribution >= 0.6 is 0 Å². The van der Waals surface area contributed by atoms with Crippen LogP contribution in [-0.2, 0) is 14.8 Å². The molecule has 1 amide bonds. The maximum absolute atomic E-state index is 12.4. The zero-order valence-electron chi connectivity index (χ0n) is 14.9. The first-order chi connectivity index (χ1) is 12.3. The summed E-state index contributed by atoms with van der Waals surface area (Å²) in [4.78, 5) is 12.4. The topological polar surface area (TPSA) is 111 Å². The molecule has 1 atom stereocenters. The highest BCUT2D eigenvalue weighted by Crippen LogP contribution is 2.29. The van der Waals surface area contributed by atoms with Crippen LogP contribution in [0.3, 0.4) is 0 Å². The second-order valence-electron chi connectivity index (χ2n) is 5.80. The average molecular weight is 377 g/mol. The standard InChI is InChI=1S/C18H23N3O4S/c1-4-26(23,24)21-15-10-9-14(11-16(15)25-3)20-18(22)17(19)13-7-5-12(2)6-8-13/h5-11,17,21H,4,19H2,1-3H3,(H,20,22). The number of sulfonamides is 1. The first-order valence-electron chi connectivity index (χ1n) is 8.07. The van der Waals surface area contributed by atoms with Crippen molar-refractivity contribution in [1.82, 2.24) is 0 Å². The number of hydrogen-bond acceptors (Lipinski definition) is 5. The van der Waals surface area contributed by atoms with Gasteiger partial charge in [0.15, 0.2) is 0 Å². The van der Waals surface area contributed by atoms with Gasteiger partial charge in [0.1, 0.15) is 11.8 Å². The van der Waals surface area contributed by atoms with E-state index in [-0.39, 0.29) is 11.7 Å². The number of rotatable bonds is 7. The van der Waals surface area contributed by atoms with E-state index in [0.717, 1.165) is 5.56 Å². The molecule has 140 valence electrons. The fourth-order valence-corrected chi connectivity index (χ4v) is 2.89. The Morgan fingerprint density at radius 1 is 1.19 bits per heavy atom. The molecule has 0 saturated heterocycles. The molecule has 0 aliphatic rings. The number of aryl methyl sites for hydroxylation is 1. The number of carbonyl (C=O) groups is 1. The van der Waals surface area contributed by atoms with Gasteiger partial charge in [0.25, 0.3) is 0 Å². The molecule has 0 spiro atoms. The van der Waals surface area contributed by atoms with Gasteiger partial charge in [-0.05, 0) is 31.5 Å². The molecule has 0 saturated carbocycles. The summed E-state index contributed by atoms with van der Waals surface area (Å²) in [5, 5.41) is 2.71. The van der Waals surface area contributed by atoms with Crippen LogP contribution in [0.15, 0.2) is 42.5 Å². The lowest BCUT2D eigenvalue weighted by molar-refractivity contribution is -0.117. The molecular weight excluding hydrogens is 354 g/mol. The number of benzene rings is 2. The maximum Gasteiger partial charge on any atom is 0.245 e. The normalized spacial score (nSPS) is 12.3. The Hall–Kier alpha value is -2.58. The fourth-order valence-electron chi connectivity index (χ4n) is 2.24. The van der Waals surface area contributed by atoms with Crippen molar-refractivity contribution in [3.63, 3.8) is 0 Å². The molecule has 0 heterocycles. The largest absolute Gasteiger partial charge is 0.494 e. The first-order valence-corrected chi connectivity index (χ1v) is 9.72. The summed E-state index contributed by atoms with van der Waals surface area (Å²) in [6.45, 7) is 3.49.